The fraction of sp³-hybridized carbons (Fsp3) is 0.750. The van der Waals surface area contributed by atoms with Crippen LogP contribution in [0.5, 0.6) is 0 Å². The largest absolute Gasteiger partial charge is 0.314 e. The van der Waals surface area contributed by atoms with Gasteiger partial charge in [0.05, 0.1) is 0 Å². The summed E-state index contributed by atoms with van der Waals surface area (Å²) in [6, 6.07) is 10.4. The first kappa shape index (κ1) is 23.2. The third-order valence-electron chi connectivity index (χ3n) is 5.27. The predicted octanol–water partition coefficient (Wildman–Crippen LogP) is 7.40. The Morgan fingerprint density at radius 2 is 1.08 bits per heavy atom. The van der Waals surface area contributed by atoms with Crippen molar-refractivity contribution in [3.63, 3.8) is 0 Å². The van der Waals surface area contributed by atoms with E-state index in [1.165, 1.54) is 94.1 Å². The number of benzene rings is 1. The molecule has 1 aromatic rings. The molecule has 0 aromatic heterocycles. The van der Waals surface area contributed by atoms with Gasteiger partial charge in [-0.1, -0.05) is 121 Å². The molecule has 0 heterocycles. The highest BCUT2D eigenvalue weighted by Crippen LogP contribution is 2.13. The van der Waals surface area contributed by atoms with E-state index in [2.05, 4.69) is 31.2 Å². The first-order chi connectivity index (χ1) is 12.8. The van der Waals surface area contributed by atoms with Gasteiger partial charge in [0.15, 0.2) is 0 Å². The third-order valence-corrected chi connectivity index (χ3v) is 5.27. The fourth-order valence-electron chi connectivity index (χ4n) is 3.50. The lowest BCUT2D eigenvalue weighted by atomic mass is 10.0. The van der Waals surface area contributed by atoms with Gasteiger partial charge in [0.1, 0.15) is 0 Å². The molecule has 0 unspecified atom stereocenters. The van der Waals surface area contributed by atoms with Crippen molar-refractivity contribution in [1.82, 2.24) is 5.06 Å². The highest BCUT2D eigenvalue weighted by Gasteiger charge is 2.01. The minimum Gasteiger partial charge on any atom is -0.314 e. The quantitative estimate of drug-likeness (QED) is 0.217. The molecule has 0 atom stereocenters. The van der Waals surface area contributed by atoms with Gasteiger partial charge < -0.3 is 5.21 Å². The maximum absolute atomic E-state index is 9.94. The molecule has 0 bridgehead atoms. The Hall–Kier alpha value is -0.860. The Bertz CT molecular complexity index is 392. The molecule has 0 aliphatic rings. The third kappa shape index (κ3) is 14.3. The summed E-state index contributed by atoms with van der Waals surface area (Å²) < 4.78 is 0. The van der Waals surface area contributed by atoms with Crippen LogP contribution in [-0.2, 0) is 6.42 Å². The first-order valence-corrected chi connectivity index (χ1v) is 11.3. The minimum absolute atomic E-state index is 0.739. The normalized spacial score (nSPS) is 11.3. The smallest absolute Gasteiger partial charge is 0.0278 e. The van der Waals surface area contributed by atoms with Crippen molar-refractivity contribution in [2.24, 2.45) is 0 Å². The van der Waals surface area contributed by atoms with E-state index in [1.54, 1.807) is 0 Å². The summed E-state index contributed by atoms with van der Waals surface area (Å²) in [4.78, 5) is 0. The Labute approximate surface area is 163 Å². The van der Waals surface area contributed by atoms with Gasteiger partial charge in [-0.15, -0.1) is 0 Å². The second-order valence-corrected chi connectivity index (χ2v) is 7.79. The van der Waals surface area contributed by atoms with Crippen LogP contribution >= 0.6 is 0 Å². The average molecular weight is 362 g/mol. The summed E-state index contributed by atoms with van der Waals surface area (Å²) in [6.07, 6.45) is 20.2. The predicted molar refractivity (Wildman–Crippen MR) is 114 cm³/mol. The molecule has 2 heteroatoms. The average Bonchev–Trinajstić information content (AvgIpc) is 2.67. The van der Waals surface area contributed by atoms with Gasteiger partial charge >= 0.3 is 0 Å². The zero-order chi connectivity index (χ0) is 18.7. The van der Waals surface area contributed by atoms with Crippen LogP contribution in [0.25, 0.3) is 0 Å². The van der Waals surface area contributed by atoms with Crippen LogP contribution < -0.4 is 0 Å². The van der Waals surface area contributed by atoms with Crippen LogP contribution in [0.3, 0.4) is 0 Å². The van der Waals surface area contributed by atoms with Crippen molar-refractivity contribution in [3.05, 3.63) is 35.9 Å². The van der Waals surface area contributed by atoms with Crippen LogP contribution in [-0.4, -0.2) is 23.4 Å². The van der Waals surface area contributed by atoms with Crippen LogP contribution in [0.2, 0.25) is 0 Å². The van der Waals surface area contributed by atoms with E-state index >= 15 is 0 Å². The number of unbranched alkanes of at least 4 members (excludes halogenated alkanes) is 13. The standard InChI is InChI=1S/C24H43NO/c1-2-3-4-5-6-7-8-9-10-11-12-13-14-18-22-25(26)23-21-24-19-16-15-17-20-24/h15-17,19-20,26H,2-14,18,21-23H2,1H3. The fourth-order valence-corrected chi connectivity index (χ4v) is 3.50. The van der Waals surface area contributed by atoms with E-state index in [1.807, 2.05) is 6.07 Å². The number of hydroxylamine groups is 2. The molecule has 0 spiro atoms. The Balaban J connectivity index is 1.77. The van der Waals surface area contributed by atoms with Crippen molar-refractivity contribution in [2.45, 2.75) is 103 Å². The van der Waals surface area contributed by atoms with Gasteiger partial charge in [0.25, 0.3) is 0 Å². The molecule has 1 N–H and O–H groups in total. The minimum atomic E-state index is 0.739. The van der Waals surface area contributed by atoms with Gasteiger partial charge in [0, 0.05) is 13.1 Å². The molecule has 0 fully saturated rings. The number of rotatable bonds is 18. The van der Waals surface area contributed by atoms with Crippen LogP contribution in [0.4, 0.5) is 0 Å². The molecule has 2 nitrogen and oxygen atoms in total. The maximum Gasteiger partial charge on any atom is 0.0278 e. The van der Waals surface area contributed by atoms with Gasteiger partial charge in [-0.2, -0.15) is 5.06 Å². The van der Waals surface area contributed by atoms with Gasteiger partial charge in [-0.05, 0) is 18.4 Å². The SMILES string of the molecule is CCCCCCCCCCCCCCCCN(O)CCc1ccccc1. The van der Waals surface area contributed by atoms with Crippen LogP contribution in [0.1, 0.15) is 102 Å². The molecule has 0 aliphatic carbocycles. The van der Waals surface area contributed by atoms with E-state index in [9.17, 15) is 5.21 Å². The number of hydrogen-bond donors (Lipinski definition) is 1. The van der Waals surface area contributed by atoms with Gasteiger partial charge in [0.2, 0.25) is 0 Å². The molecule has 150 valence electrons. The summed E-state index contributed by atoms with van der Waals surface area (Å²) in [5.74, 6) is 0. The Morgan fingerprint density at radius 1 is 0.615 bits per heavy atom. The molecular formula is C24H43NO. The summed E-state index contributed by atoms with van der Waals surface area (Å²) in [7, 11) is 0. The lowest BCUT2D eigenvalue weighted by Crippen LogP contribution is -2.23. The molecule has 0 saturated carbocycles. The maximum atomic E-state index is 9.94. The van der Waals surface area contributed by atoms with Crippen molar-refractivity contribution < 1.29 is 5.21 Å². The first-order valence-electron chi connectivity index (χ1n) is 11.3. The van der Waals surface area contributed by atoms with Gasteiger partial charge in [-0.25, -0.2) is 0 Å². The van der Waals surface area contributed by atoms with E-state index in [0.29, 0.717) is 0 Å². The molecular weight excluding hydrogens is 318 g/mol. The molecule has 1 aromatic carbocycles. The summed E-state index contributed by atoms with van der Waals surface area (Å²) in [5.41, 5.74) is 1.30. The van der Waals surface area contributed by atoms with Crippen LogP contribution in [0, 0.1) is 0 Å². The Kier molecular flexibility index (Phi) is 15.6. The van der Waals surface area contributed by atoms with Crippen molar-refractivity contribution in [3.8, 4) is 0 Å². The van der Waals surface area contributed by atoms with E-state index in [4.69, 9.17) is 0 Å². The zero-order valence-electron chi connectivity index (χ0n) is 17.3. The number of nitrogens with zero attached hydrogens (tertiary/aromatic N) is 1. The zero-order valence-corrected chi connectivity index (χ0v) is 17.3. The highest BCUT2D eigenvalue weighted by molar-refractivity contribution is 5.14. The second kappa shape index (κ2) is 17.5. The molecule has 26 heavy (non-hydrogen) atoms. The number of hydrogen-bond acceptors (Lipinski definition) is 2. The molecule has 0 amide bonds. The van der Waals surface area contributed by atoms with Crippen molar-refractivity contribution in [2.75, 3.05) is 13.1 Å². The lowest BCUT2D eigenvalue weighted by molar-refractivity contribution is -0.0905. The van der Waals surface area contributed by atoms with E-state index in [-0.39, 0.29) is 0 Å². The summed E-state index contributed by atoms with van der Waals surface area (Å²) in [5, 5.41) is 11.4. The van der Waals surface area contributed by atoms with Crippen molar-refractivity contribution >= 4 is 0 Å². The molecule has 1 rings (SSSR count). The summed E-state index contributed by atoms with van der Waals surface area (Å²) in [6.45, 7) is 3.83. The topological polar surface area (TPSA) is 23.5 Å². The highest BCUT2D eigenvalue weighted by atomic mass is 16.5. The second-order valence-electron chi connectivity index (χ2n) is 7.79. The monoisotopic (exact) mass is 361 g/mol. The molecule has 0 aliphatic heterocycles. The summed E-state index contributed by atoms with van der Waals surface area (Å²) >= 11 is 0. The van der Waals surface area contributed by atoms with E-state index < -0.39 is 0 Å². The Morgan fingerprint density at radius 3 is 1.58 bits per heavy atom. The lowest BCUT2D eigenvalue weighted by Gasteiger charge is -2.14. The van der Waals surface area contributed by atoms with Crippen LogP contribution in [0.15, 0.2) is 30.3 Å². The molecule has 0 saturated heterocycles. The van der Waals surface area contributed by atoms with Crippen molar-refractivity contribution in [1.29, 1.82) is 0 Å². The molecule has 0 radical (unpaired) electrons. The van der Waals surface area contributed by atoms with E-state index in [0.717, 1.165) is 25.9 Å². The van der Waals surface area contributed by atoms with Gasteiger partial charge in [-0.3, -0.25) is 0 Å².